The highest BCUT2D eigenvalue weighted by molar-refractivity contribution is 7.80. The number of anilines is 1. The van der Waals surface area contributed by atoms with Crippen LogP contribution >= 0.6 is 23.8 Å². The number of nitrogens with one attached hydrogen (secondary N) is 1. The van der Waals surface area contributed by atoms with Crippen molar-refractivity contribution in [2.24, 2.45) is 0 Å². The largest absolute Gasteiger partial charge is 0.467 e. The molecule has 0 spiro atoms. The summed E-state index contributed by atoms with van der Waals surface area (Å²) in [6.07, 6.45) is 2.01. The van der Waals surface area contributed by atoms with E-state index < -0.39 is 0 Å². The molecular weight excluding hydrogens is 318 g/mol. The quantitative estimate of drug-likeness (QED) is 0.824. The minimum atomic E-state index is 0.386. The first-order valence-corrected chi connectivity index (χ1v) is 7.60. The van der Waals surface area contributed by atoms with Crippen LogP contribution in [0.3, 0.4) is 0 Å². The van der Waals surface area contributed by atoms with Gasteiger partial charge in [-0.15, -0.1) is 0 Å². The van der Waals surface area contributed by atoms with E-state index in [1.165, 1.54) is 0 Å². The van der Waals surface area contributed by atoms with E-state index in [0.29, 0.717) is 29.6 Å². The van der Waals surface area contributed by atoms with Gasteiger partial charge in [-0.2, -0.15) is 5.26 Å². The van der Waals surface area contributed by atoms with E-state index in [1.54, 1.807) is 6.26 Å². The van der Waals surface area contributed by atoms with Gasteiger partial charge in [-0.25, -0.2) is 0 Å². The van der Waals surface area contributed by atoms with Crippen LogP contribution in [0.25, 0.3) is 0 Å². The van der Waals surface area contributed by atoms with E-state index in [4.69, 9.17) is 33.5 Å². The fraction of sp³-hybridized carbons (Fsp3) is 0.250. The average molecular weight is 334 g/mol. The van der Waals surface area contributed by atoms with Crippen LogP contribution in [0.4, 0.5) is 5.69 Å². The molecule has 0 fully saturated rings. The first-order valence-electron chi connectivity index (χ1n) is 6.81. The average Bonchev–Trinajstić information content (AvgIpc) is 3.00. The second kappa shape index (κ2) is 7.83. The van der Waals surface area contributed by atoms with Gasteiger partial charge in [-0.1, -0.05) is 17.7 Å². The van der Waals surface area contributed by atoms with Crippen molar-refractivity contribution in [2.45, 2.75) is 19.9 Å². The molecule has 0 saturated heterocycles. The molecule has 2 aromatic rings. The molecule has 0 aliphatic rings. The first kappa shape index (κ1) is 16.3. The van der Waals surface area contributed by atoms with Gasteiger partial charge in [0.15, 0.2) is 5.11 Å². The Bertz CT molecular complexity index is 679. The Morgan fingerprint density at radius 3 is 2.91 bits per heavy atom. The standard InChI is InChI=1S/C16H16ClN3OS/c1-12-5-6-13(10-15(12)17)19-16(22)20(8-3-7-18)11-14-4-2-9-21-14/h2,4-6,9-10H,3,8,11H2,1H3,(H,19,22). The number of benzene rings is 1. The van der Waals surface area contributed by atoms with Crippen LogP contribution in [-0.2, 0) is 6.54 Å². The van der Waals surface area contributed by atoms with Crippen LogP contribution in [-0.4, -0.2) is 16.6 Å². The van der Waals surface area contributed by atoms with Gasteiger partial charge in [0.05, 0.1) is 25.3 Å². The van der Waals surface area contributed by atoms with Gasteiger partial charge in [0.1, 0.15) is 5.76 Å². The number of hydrogen-bond donors (Lipinski definition) is 1. The monoisotopic (exact) mass is 333 g/mol. The minimum Gasteiger partial charge on any atom is -0.467 e. The maximum Gasteiger partial charge on any atom is 0.173 e. The van der Waals surface area contributed by atoms with E-state index >= 15 is 0 Å². The Morgan fingerprint density at radius 2 is 2.27 bits per heavy atom. The van der Waals surface area contributed by atoms with Gasteiger partial charge in [-0.05, 0) is 49.0 Å². The topological polar surface area (TPSA) is 52.2 Å². The summed E-state index contributed by atoms with van der Waals surface area (Å²) < 4.78 is 5.35. The molecule has 0 unspecified atom stereocenters. The zero-order valence-electron chi connectivity index (χ0n) is 12.2. The second-order valence-corrected chi connectivity index (χ2v) is 5.60. The Hall–Kier alpha value is -2.03. The molecular formula is C16H16ClN3OS. The summed E-state index contributed by atoms with van der Waals surface area (Å²) >= 11 is 11.6. The van der Waals surface area contributed by atoms with Crippen LogP contribution < -0.4 is 5.32 Å². The second-order valence-electron chi connectivity index (χ2n) is 4.80. The molecule has 0 radical (unpaired) electrons. The van der Waals surface area contributed by atoms with Gasteiger partial charge >= 0.3 is 0 Å². The highest BCUT2D eigenvalue weighted by Crippen LogP contribution is 2.20. The van der Waals surface area contributed by atoms with Gasteiger partial charge in [0.2, 0.25) is 0 Å². The lowest BCUT2D eigenvalue weighted by Crippen LogP contribution is -2.34. The van der Waals surface area contributed by atoms with E-state index in [1.807, 2.05) is 42.2 Å². The van der Waals surface area contributed by atoms with E-state index in [9.17, 15) is 0 Å². The molecule has 2 rings (SSSR count). The highest BCUT2D eigenvalue weighted by atomic mass is 35.5. The van der Waals surface area contributed by atoms with Crippen molar-refractivity contribution in [1.29, 1.82) is 5.26 Å². The predicted molar refractivity (Wildman–Crippen MR) is 91.8 cm³/mol. The number of nitrogens with zero attached hydrogens (tertiary/aromatic N) is 2. The lowest BCUT2D eigenvalue weighted by atomic mass is 10.2. The van der Waals surface area contributed by atoms with Crippen LogP contribution in [0.5, 0.6) is 0 Å². The lowest BCUT2D eigenvalue weighted by molar-refractivity contribution is 0.371. The fourth-order valence-electron chi connectivity index (χ4n) is 1.90. The zero-order chi connectivity index (χ0) is 15.9. The fourth-order valence-corrected chi connectivity index (χ4v) is 2.36. The third kappa shape index (κ3) is 4.48. The number of aryl methyl sites for hydroxylation is 1. The molecule has 1 N–H and O–H groups in total. The molecule has 0 bridgehead atoms. The smallest absolute Gasteiger partial charge is 0.173 e. The van der Waals surface area contributed by atoms with Crippen molar-refractivity contribution in [1.82, 2.24) is 4.90 Å². The van der Waals surface area contributed by atoms with E-state index in [-0.39, 0.29) is 0 Å². The van der Waals surface area contributed by atoms with Crippen LogP contribution in [0, 0.1) is 18.3 Å². The van der Waals surface area contributed by atoms with E-state index in [2.05, 4.69) is 11.4 Å². The molecule has 0 amide bonds. The van der Waals surface area contributed by atoms with Crippen molar-refractivity contribution in [3.05, 3.63) is 52.9 Å². The van der Waals surface area contributed by atoms with Crippen molar-refractivity contribution < 1.29 is 4.42 Å². The summed E-state index contributed by atoms with van der Waals surface area (Å²) in [5, 5.41) is 13.2. The molecule has 6 heteroatoms. The summed E-state index contributed by atoms with van der Waals surface area (Å²) in [4.78, 5) is 1.89. The molecule has 1 heterocycles. The SMILES string of the molecule is Cc1ccc(NC(=S)N(CCC#N)Cc2ccco2)cc1Cl. The van der Waals surface area contributed by atoms with Gasteiger partial charge in [0.25, 0.3) is 0 Å². The van der Waals surface area contributed by atoms with Gasteiger partial charge < -0.3 is 14.6 Å². The molecule has 0 aliphatic carbocycles. The summed E-state index contributed by atoms with van der Waals surface area (Å²) in [6, 6.07) is 11.5. The molecule has 22 heavy (non-hydrogen) atoms. The van der Waals surface area contributed by atoms with Gasteiger partial charge in [-0.3, -0.25) is 0 Å². The number of halogens is 1. The van der Waals surface area contributed by atoms with Crippen molar-refractivity contribution in [3.8, 4) is 6.07 Å². The third-order valence-electron chi connectivity index (χ3n) is 3.13. The Balaban J connectivity index is 2.07. The van der Waals surface area contributed by atoms with Gasteiger partial charge in [0, 0.05) is 17.3 Å². The molecule has 0 aliphatic heterocycles. The summed E-state index contributed by atoms with van der Waals surface area (Å²) in [7, 11) is 0. The summed E-state index contributed by atoms with van der Waals surface area (Å²) in [5.74, 6) is 0.795. The van der Waals surface area contributed by atoms with Crippen LogP contribution in [0.15, 0.2) is 41.0 Å². The van der Waals surface area contributed by atoms with Crippen molar-refractivity contribution >= 4 is 34.6 Å². The molecule has 1 aromatic carbocycles. The number of thiocarbonyl (C=S) groups is 1. The zero-order valence-corrected chi connectivity index (χ0v) is 13.7. The molecule has 0 atom stereocenters. The third-order valence-corrected chi connectivity index (χ3v) is 3.90. The van der Waals surface area contributed by atoms with Crippen molar-refractivity contribution in [2.75, 3.05) is 11.9 Å². The number of rotatable bonds is 5. The maximum atomic E-state index is 8.80. The molecule has 4 nitrogen and oxygen atoms in total. The Kier molecular flexibility index (Phi) is 5.82. The first-order chi connectivity index (χ1) is 10.6. The summed E-state index contributed by atoms with van der Waals surface area (Å²) in [6.45, 7) is 2.99. The normalized spacial score (nSPS) is 10.0. The number of hydrogen-bond acceptors (Lipinski definition) is 3. The molecule has 1 aromatic heterocycles. The maximum absolute atomic E-state index is 8.80. The highest BCUT2D eigenvalue weighted by Gasteiger charge is 2.12. The van der Waals surface area contributed by atoms with E-state index in [0.717, 1.165) is 17.0 Å². The van der Waals surface area contributed by atoms with Crippen LogP contribution in [0.1, 0.15) is 17.7 Å². The number of nitriles is 1. The predicted octanol–water partition coefficient (Wildman–Crippen LogP) is 4.35. The van der Waals surface area contributed by atoms with Crippen molar-refractivity contribution in [3.63, 3.8) is 0 Å². The lowest BCUT2D eigenvalue weighted by Gasteiger charge is -2.24. The molecule has 0 saturated carbocycles. The Morgan fingerprint density at radius 1 is 1.45 bits per heavy atom. The number of furan rings is 1. The Labute approximate surface area is 140 Å². The molecule has 114 valence electrons. The summed E-state index contributed by atoms with van der Waals surface area (Å²) in [5.41, 5.74) is 1.83. The van der Waals surface area contributed by atoms with Crippen LogP contribution in [0.2, 0.25) is 5.02 Å². The minimum absolute atomic E-state index is 0.386.